The van der Waals surface area contributed by atoms with Crippen LogP contribution in [0.4, 0.5) is 5.82 Å². The molecule has 2 heterocycles. The molecule has 1 aliphatic heterocycles. The first-order valence-corrected chi connectivity index (χ1v) is 5.37. The van der Waals surface area contributed by atoms with Crippen LogP contribution in [0.1, 0.15) is 31.5 Å². The molecule has 1 unspecified atom stereocenters. The molecule has 0 spiro atoms. The van der Waals surface area contributed by atoms with Crippen LogP contribution in [0.2, 0.25) is 0 Å². The summed E-state index contributed by atoms with van der Waals surface area (Å²) >= 11 is 0. The smallest absolute Gasteiger partial charge is 0.124 e. The van der Waals surface area contributed by atoms with Gasteiger partial charge in [0.1, 0.15) is 5.82 Å². The first kappa shape index (κ1) is 9.52. The molecule has 2 rings (SSSR count). The molecule has 4 heteroatoms. The number of nitrogens with zero attached hydrogens (tertiary/aromatic N) is 2. The summed E-state index contributed by atoms with van der Waals surface area (Å²) in [5.41, 5.74) is 6.89. The summed E-state index contributed by atoms with van der Waals surface area (Å²) in [6.45, 7) is 3.87. The van der Waals surface area contributed by atoms with Crippen LogP contribution >= 0.6 is 0 Å². The number of aromatic nitrogens is 2. The third-order valence-corrected chi connectivity index (χ3v) is 2.69. The van der Waals surface area contributed by atoms with E-state index in [4.69, 9.17) is 5.73 Å². The number of fused-ring (bicyclic) bond motifs is 1. The summed E-state index contributed by atoms with van der Waals surface area (Å²) in [5.74, 6) is 1.13. The average molecular weight is 194 g/mol. The van der Waals surface area contributed by atoms with Gasteiger partial charge in [-0.15, -0.1) is 0 Å². The highest BCUT2D eigenvalue weighted by Crippen LogP contribution is 2.23. The lowest BCUT2D eigenvalue weighted by molar-refractivity contribution is 0.425. The van der Waals surface area contributed by atoms with Crippen LogP contribution in [0.5, 0.6) is 0 Å². The molecule has 0 radical (unpaired) electrons. The van der Waals surface area contributed by atoms with Gasteiger partial charge < -0.3 is 11.1 Å². The molecule has 1 aromatic heterocycles. The zero-order valence-corrected chi connectivity index (χ0v) is 8.66. The van der Waals surface area contributed by atoms with E-state index in [1.807, 2.05) is 0 Å². The van der Waals surface area contributed by atoms with E-state index in [0.717, 1.165) is 31.6 Å². The van der Waals surface area contributed by atoms with E-state index in [0.29, 0.717) is 12.6 Å². The van der Waals surface area contributed by atoms with Gasteiger partial charge in [0, 0.05) is 19.2 Å². The predicted molar refractivity (Wildman–Crippen MR) is 57.4 cm³/mol. The Kier molecular flexibility index (Phi) is 2.72. The molecule has 3 N–H and O–H groups in total. The number of rotatable bonds is 3. The number of hydrogen-bond donors (Lipinski definition) is 2. The third kappa shape index (κ3) is 1.62. The first-order chi connectivity index (χ1) is 6.85. The fourth-order valence-electron chi connectivity index (χ4n) is 1.94. The SMILES string of the molecule is CCCc1cc2n(n1)C(CN)CCN2. The summed E-state index contributed by atoms with van der Waals surface area (Å²) < 4.78 is 2.05. The highest BCUT2D eigenvalue weighted by atomic mass is 15.4. The Morgan fingerprint density at radius 1 is 1.71 bits per heavy atom. The van der Waals surface area contributed by atoms with E-state index in [-0.39, 0.29) is 0 Å². The minimum atomic E-state index is 0.386. The van der Waals surface area contributed by atoms with Gasteiger partial charge >= 0.3 is 0 Å². The number of aryl methyl sites for hydroxylation is 1. The van der Waals surface area contributed by atoms with Crippen molar-refractivity contribution in [2.75, 3.05) is 18.4 Å². The molecule has 4 nitrogen and oxygen atoms in total. The topological polar surface area (TPSA) is 55.9 Å². The second-order valence-electron chi connectivity index (χ2n) is 3.82. The molecule has 0 saturated carbocycles. The zero-order valence-electron chi connectivity index (χ0n) is 8.66. The van der Waals surface area contributed by atoms with Crippen molar-refractivity contribution >= 4 is 5.82 Å². The van der Waals surface area contributed by atoms with E-state index < -0.39 is 0 Å². The lowest BCUT2D eigenvalue weighted by Crippen LogP contribution is -2.28. The van der Waals surface area contributed by atoms with Gasteiger partial charge in [0.2, 0.25) is 0 Å². The van der Waals surface area contributed by atoms with Gasteiger partial charge in [-0.1, -0.05) is 13.3 Å². The van der Waals surface area contributed by atoms with E-state index in [1.54, 1.807) is 0 Å². The largest absolute Gasteiger partial charge is 0.370 e. The number of nitrogens with two attached hydrogens (primary N) is 1. The maximum atomic E-state index is 5.71. The number of hydrogen-bond acceptors (Lipinski definition) is 3. The fourth-order valence-corrected chi connectivity index (χ4v) is 1.94. The number of nitrogens with one attached hydrogen (secondary N) is 1. The fraction of sp³-hybridized carbons (Fsp3) is 0.700. The molecule has 0 aromatic carbocycles. The van der Waals surface area contributed by atoms with Gasteiger partial charge in [0.05, 0.1) is 11.7 Å². The normalized spacial score (nSPS) is 20.3. The lowest BCUT2D eigenvalue weighted by Gasteiger charge is -2.24. The maximum Gasteiger partial charge on any atom is 0.124 e. The van der Waals surface area contributed by atoms with Crippen molar-refractivity contribution in [2.24, 2.45) is 5.73 Å². The minimum absolute atomic E-state index is 0.386. The van der Waals surface area contributed by atoms with Crippen molar-refractivity contribution in [2.45, 2.75) is 32.2 Å². The van der Waals surface area contributed by atoms with Crippen molar-refractivity contribution < 1.29 is 0 Å². The van der Waals surface area contributed by atoms with Crippen LogP contribution in [-0.2, 0) is 6.42 Å². The maximum absolute atomic E-state index is 5.71. The molecular formula is C10H18N4. The Hall–Kier alpha value is -1.03. The quantitative estimate of drug-likeness (QED) is 0.759. The van der Waals surface area contributed by atoms with E-state index in [9.17, 15) is 0 Å². The number of anilines is 1. The summed E-state index contributed by atoms with van der Waals surface area (Å²) in [6, 6.07) is 2.53. The lowest BCUT2D eigenvalue weighted by atomic mass is 10.2. The molecule has 0 fully saturated rings. The molecule has 0 amide bonds. The second kappa shape index (κ2) is 4.00. The third-order valence-electron chi connectivity index (χ3n) is 2.69. The summed E-state index contributed by atoms with van der Waals surface area (Å²) in [6.07, 6.45) is 3.28. The molecule has 78 valence electrons. The first-order valence-electron chi connectivity index (χ1n) is 5.37. The van der Waals surface area contributed by atoms with E-state index in [1.165, 1.54) is 5.69 Å². The van der Waals surface area contributed by atoms with Crippen molar-refractivity contribution in [3.8, 4) is 0 Å². The van der Waals surface area contributed by atoms with Crippen LogP contribution in [0.3, 0.4) is 0 Å². The van der Waals surface area contributed by atoms with Gasteiger partial charge in [0.25, 0.3) is 0 Å². The minimum Gasteiger partial charge on any atom is -0.370 e. The van der Waals surface area contributed by atoms with Gasteiger partial charge in [0.15, 0.2) is 0 Å². The molecule has 14 heavy (non-hydrogen) atoms. The summed E-state index contributed by atoms with van der Waals surface area (Å²) in [4.78, 5) is 0. The highest BCUT2D eigenvalue weighted by Gasteiger charge is 2.19. The Bertz CT molecular complexity index is 305. The van der Waals surface area contributed by atoms with Gasteiger partial charge in [-0.05, 0) is 12.8 Å². The van der Waals surface area contributed by atoms with Gasteiger partial charge in [-0.25, -0.2) is 4.68 Å². The van der Waals surface area contributed by atoms with Crippen LogP contribution < -0.4 is 11.1 Å². The van der Waals surface area contributed by atoms with E-state index >= 15 is 0 Å². The van der Waals surface area contributed by atoms with Crippen LogP contribution in [-0.4, -0.2) is 22.9 Å². The Balaban J connectivity index is 2.24. The Morgan fingerprint density at radius 2 is 2.57 bits per heavy atom. The Labute approximate surface area is 84.5 Å². The van der Waals surface area contributed by atoms with E-state index in [2.05, 4.69) is 28.1 Å². The average Bonchev–Trinajstić information content (AvgIpc) is 2.60. The van der Waals surface area contributed by atoms with Crippen molar-refractivity contribution in [3.63, 3.8) is 0 Å². The molecule has 0 bridgehead atoms. The van der Waals surface area contributed by atoms with Crippen molar-refractivity contribution in [1.29, 1.82) is 0 Å². The van der Waals surface area contributed by atoms with Crippen molar-refractivity contribution in [3.05, 3.63) is 11.8 Å². The van der Waals surface area contributed by atoms with Crippen LogP contribution in [0, 0.1) is 0 Å². The molecule has 0 aliphatic carbocycles. The molecule has 0 saturated heterocycles. The van der Waals surface area contributed by atoms with Gasteiger partial charge in [-0.2, -0.15) is 5.10 Å². The van der Waals surface area contributed by atoms with Gasteiger partial charge in [-0.3, -0.25) is 0 Å². The standard InChI is InChI=1S/C10H18N4/c1-2-3-8-6-10-12-5-4-9(7-11)14(10)13-8/h6,9,12H,2-5,7,11H2,1H3. The Morgan fingerprint density at radius 3 is 3.29 bits per heavy atom. The molecular weight excluding hydrogens is 176 g/mol. The summed E-state index contributed by atoms with van der Waals surface area (Å²) in [7, 11) is 0. The summed E-state index contributed by atoms with van der Waals surface area (Å²) in [5, 5.41) is 7.92. The molecule has 1 aliphatic rings. The molecule has 1 aromatic rings. The highest BCUT2D eigenvalue weighted by molar-refractivity contribution is 5.39. The predicted octanol–water partition coefficient (Wildman–Crippen LogP) is 1.15. The second-order valence-corrected chi connectivity index (χ2v) is 3.82. The monoisotopic (exact) mass is 194 g/mol. The zero-order chi connectivity index (χ0) is 9.97. The van der Waals surface area contributed by atoms with Crippen LogP contribution in [0.15, 0.2) is 6.07 Å². The van der Waals surface area contributed by atoms with Crippen molar-refractivity contribution in [1.82, 2.24) is 9.78 Å². The van der Waals surface area contributed by atoms with Crippen LogP contribution in [0.25, 0.3) is 0 Å². The molecule has 1 atom stereocenters.